The monoisotopic (exact) mass is 301 g/mol. The van der Waals surface area contributed by atoms with Crippen molar-refractivity contribution in [1.29, 1.82) is 0 Å². The first-order valence-electron chi connectivity index (χ1n) is 5.96. The number of hydrogen-bond acceptors (Lipinski definition) is 2. The molecular weight excluding hydrogens is 289 g/mol. The van der Waals surface area contributed by atoms with E-state index in [-0.39, 0.29) is 12.3 Å². The molecule has 1 heterocycles. The highest BCUT2D eigenvalue weighted by molar-refractivity contribution is 6.42. The molecule has 0 saturated carbocycles. The van der Waals surface area contributed by atoms with Crippen LogP contribution in [-0.4, -0.2) is 34.5 Å². The van der Waals surface area contributed by atoms with Crippen molar-refractivity contribution < 1.29 is 14.7 Å². The average molecular weight is 302 g/mol. The summed E-state index contributed by atoms with van der Waals surface area (Å²) >= 11 is 11.9. The molecule has 1 amide bonds. The number of amides is 1. The quantitative estimate of drug-likeness (QED) is 0.933. The summed E-state index contributed by atoms with van der Waals surface area (Å²) in [6.45, 7) is 0.480. The van der Waals surface area contributed by atoms with Gasteiger partial charge in [-0.1, -0.05) is 35.3 Å². The summed E-state index contributed by atoms with van der Waals surface area (Å²) in [5.41, 5.74) is 0.621. The van der Waals surface area contributed by atoms with Crippen molar-refractivity contribution >= 4 is 35.1 Å². The highest BCUT2D eigenvalue weighted by Gasteiger charge is 2.33. The number of rotatable bonds is 3. The fraction of sp³-hybridized carbons (Fsp3) is 0.385. The number of benzene rings is 1. The zero-order chi connectivity index (χ0) is 14.0. The molecule has 0 radical (unpaired) electrons. The molecule has 1 atom stereocenters. The Balaban J connectivity index is 2.13. The Morgan fingerprint density at radius 3 is 2.79 bits per heavy atom. The minimum atomic E-state index is -0.956. The number of likely N-dealkylation sites (tertiary alicyclic amines) is 1. The molecule has 1 aromatic carbocycles. The van der Waals surface area contributed by atoms with Crippen molar-refractivity contribution in [2.75, 3.05) is 6.54 Å². The average Bonchev–Trinajstić information content (AvgIpc) is 2.84. The van der Waals surface area contributed by atoms with E-state index in [0.29, 0.717) is 35.0 Å². The van der Waals surface area contributed by atoms with Crippen molar-refractivity contribution in [2.45, 2.75) is 25.3 Å². The number of nitrogens with zero attached hydrogens (tertiary/aromatic N) is 1. The third kappa shape index (κ3) is 3.01. The highest BCUT2D eigenvalue weighted by Crippen LogP contribution is 2.27. The van der Waals surface area contributed by atoms with Crippen LogP contribution in [0.1, 0.15) is 18.4 Å². The van der Waals surface area contributed by atoms with Crippen LogP contribution in [0.2, 0.25) is 10.0 Å². The summed E-state index contributed by atoms with van der Waals surface area (Å²) in [5.74, 6) is -1.18. The summed E-state index contributed by atoms with van der Waals surface area (Å²) in [6.07, 6.45) is 1.29. The number of carboxylic acids is 1. The van der Waals surface area contributed by atoms with Gasteiger partial charge >= 0.3 is 5.97 Å². The molecule has 0 spiro atoms. The van der Waals surface area contributed by atoms with Gasteiger partial charge in [0, 0.05) is 6.54 Å². The van der Waals surface area contributed by atoms with Crippen LogP contribution in [0.15, 0.2) is 18.2 Å². The molecule has 1 aromatic rings. The number of carbonyl (C=O) groups excluding carboxylic acids is 1. The predicted octanol–water partition coefficient (Wildman–Crippen LogP) is 2.61. The molecule has 1 unspecified atom stereocenters. The van der Waals surface area contributed by atoms with Gasteiger partial charge in [0.1, 0.15) is 6.04 Å². The summed E-state index contributed by atoms with van der Waals surface area (Å²) < 4.78 is 0. The van der Waals surface area contributed by atoms with E-state index >= 15 is 0 Å². The Labute approximate surface area is 120 Å². The molecule has 0 bridgehead atoms. The van der Waals surface area contributed by atoms with E-state index in [1.54, 1.807) is 18.2 Å². The summed E-state index contributed by atoms with van der Waals surface area (Å²) in [7, 11) is 0. The third-order valence-electron chi connectivity index (χ3n) is 3.23. The van der Waals surface area contributed by atoms with Gasteiger partial charge in [-0.25, -0.2) is 4.79 Å². The van der Waals surface area contributed by atoms with Gasteiger partial charge in [-0.2, -0.15) is 0 Å². The van der Waals surface area contributed by atoms with Crippen LogP contribution in [0.4, 0.5) is 0 Å². The molecule has 1 saturated heterocycles. The maximum absolute atomic E-state index is 12.2. The first-order valence-corrected chi connectivity index (χ1v) is 6.71. The lowest BCUT2D eigenvalue weighted by molar-refractivity contribution is -0.148. The minimum absolute atomic E-state index is 0.0726. The van der Waals surface area contributed by atoms with Crippen molar-refractivity contribution in [3.05, 3.63) is 33.8 Å². The molecule has 1 aliphatic rings. The van der Waals surface area contributed by atoms with Crippen molar-refractivity contribution in [3.63, 3.8) is 0 Å². The lowest BCUT2D eigenvalue weighted by Crippen LogP contribution is -2.41. The SMILES string of the molecule is O=C(O)C1CCCN1C(=O)Cc1cccc(Cl)c1Cl. The number of halogens is 2. The Kier molecular flexibility index (Phi) is 4.32. The number of carboxylic acid groups (broad SMARTS) is 1. The zero-order valence-electron chi connectivity index (χ0n) is 10.1. The molecule has 102 valence electrons. The normalized spacial score (nSPS) is 18.6. The molecular formula is C13H13Cl2NO3. The van der Waals surface area contributed by atoms with Gasteiger partial charge in [0.15, 0.2) is 0 Å². The topological polar surface area (TPSA) is 57.6 Å². The largest absolute Gasteiger partial charge is 0.480 e. The zero-order valence-corrected chi connectivity index (χ0v) is 11.6. The second-order valence-corrected chi connectivity index (χ2v) is 5.26. The minimum Gasteiger partial charge on any atom is -0.480 e. The number of aliphatic carboxylic acids is 1. The van der Waals surface area contributed by atoms with Crippen LogP contribution >= 0.6 is 23.2 Å². The van der Waals surface area contributed by atoms with E-state index in [1.807, 2.05) is 0 Å². The van der Waals surface area contributed by atoms with Gasteiger partial charge in [0.25, 0.3) is 0 Å². The van der Waals surface area contributed by atoms with Gasteiger partial charge in [-0.05, 0) is 24.5 Å². The molecule has 1 aliphatic heterocycles. The molecule has 0 aliphatic carbocycles. The molecule has 1 fully saturated rings. The fourth-order valence-electron chi connectivity index (χ4n) is 2.27. The van der Waals surface area contributed by atoms with Gasteiger partial charge < -0.3 is 10.0 Å². The second-order valence-electron chi connectivity index (χ2n) is 4.47. The maximum Gasteiger partial charge on any atom is 0.326 e. The Bertz CT molecular complexity index is 519. The van der Waals surface area contributed by atoms with E-state index < -0.39 is 12.0 Å². The summed E-state index contributed by atoms with van der Waals surface area (Å²) in [6, 6.07) is 4.37. The standard InChI is InChI=1S/C13H13Cl2NO3/c14-9-4-1-3-8(12(9)15)7-11(17)16-6-2-5-10(16)13(18)19/h1,3-4,10H,2,5-7H2,(H,18,19). The van der Waals surface area contributed by atoms with Gasteiger partial charge in [-0.15, -0.1) is 0 Å². The molecule has 19 heavy (non-hydrogen) atoms. The van der Waals surface area contributed by atoms with Crippen LogP contribution in [0.5, 0.6) is 0 Å². The molecule has 0 aromatic heterocycles. The maximum atomic E-state index is 12.2. The Hall–Kier alpha value is -1.26. The van der Waals surface area contributed by atoms with E-state index in [9.17, 15) is 9.59 Å². The lowest BCUT2D eigenvalue weighted by Gasteiger charge is -2.21. The summed E-state index contributed by atoms with van der Waals surface area (Å²) in [5, 5.41) is 9.80. The van der Waals surface area contributed by atoms with Crippen LogP contribution in [-0.2, 0) is 16.0 Å². The van der Waals surface area contributed by atoms with Crippen molar-refractivity contribution in [1.82, 2.24) is 4.90 Å². The lowest BCUT2D eigenvalue weighted by atomic mass is 10.1. The van der Waals surface area contributed by atoms with Crippen LogP contribution in [0.25, 0.3) is 0 Å². The molecule has 6 heteroatoms. The van der Waals surface area contributed by atoms with Crippen LogP contribution in [0, 0.1) is 0 Å². The van der Waals surface area contributed by atoms with Gasteiger partial charge in [0.2, 0.25) is 5.91 Å². The fourth-order valence-corrected chi connectivity index (χ4v) is 2.66. The van der Waals surface area contributed by atoms with Gasteiger partial charge in [0.05, 0.1) is 16.5 Å². The van der Waals surface area contributed by atoms with Crippen molar-refractivity contribution in [2.24, 2.45) is 0 Å². The van der Waals surface area contributed by atoms with E-state index in [0.717, 1.165) is 0 Å². The molecule has 4 nitrogen and oxygen atoms in total. The predicted molar refractivity (Wildman–Crippen MR) is 72.5 cm³/mol. The first-order chi connectivity index (χ1) is 9.00. The van der Waals surface area contributed by atoms with Crippen molar-refractivity contribution in [3.8, 4) is 0 Å². The molecule has 2 rings (SSSR count). The van der Waals surface area contributed by atoms with Crippen LogP contribution < -0.4 is 0 Å². The van der Waals surface area contributed by atoms with E-state index in [1.165, 1.54) is 4.90 Å². The Morgan fingerprint density at radius 1 is 1.37 bits per heavy atom. The summed E-state index contributed by atoms with van der Waals surface area (Å²) in [4.78, 5) is 24.6. The highest BCUT2D eigenvalue weighted by atomic mass is 35.5. The van der Waals surface area contributed by atoms with E-state index in [4.69, 9.17) is 28.3 Å². The number of carbonyl (C=O) groups is 2. The second kappa shape index (κ2) is 5.80. The first kappa shape index (κ1) is 14.2. The third-order valence-corrected chi connectivity index (χ3v) is 4.09. The Morgan fingerprint density at radius 2 is 2.11 bits per heavy atom. The number of hydrogen-bond donors (Lipinski definition) is 1. The smallest absolute Gasteiger partial charge is 0.326 e. The van der Waals surface area contributed by atoms with Gasteiger partial charge in [-0.3, -0.25) is 4.79 Å². The van der Waals surface area contributed by atoms with Crippen LogP contribution in [0.3, 0.4) is 0 Å². The van der Waals surface area contributed by atoms with E-state index in [2.05, 4.69) is 0 Å². The molecule has 1 N–H and O–H groups in total.